The van der Waals surface area contributed by atoms with Gasteiger partial charge in [-0.05, 0) is 30.3 Å². The number of anilines is 1. The molecule has 0 bridgehead atoms. The van der Waals surface area contributed by atoms with Gasteiger partial charge in [-0.3, -0.25) is 4.79 Å². The molecule has 1 aromatic heterocycles. The Bertz CT molecular complexity index is 1110. The van der Waals surface area contributed by atoms with Crippen molar-refractivity contribution in [3.05, 3.63) is 59.0 Å². The van der Waals surface area contributed by atoms with Gasteiger partial charge in [-0.15, -0.1) is 11.3 Å². The van der Waals surface area contributed by atoms with E-state index in [0.717, 1.165) is 21.8 Å². The molecule has 8 heteroatoms. The van der Waals surface area contributed by atoms with E-state index >= 15 is 0 Å². The first kappa shape index (κ1) is 19.8. The van der Waals surface area contributed by atoms with Crippen LogP contribution in [0.5, 0.6) is 17.2 Å². The molecule has 1 amide bonds. The highest BCUT2D eigenvalue weighted by atomic mass is 32.1. The van der Waals surface area contributed by atoms with E-state index in [1.807, 2.05) is 24.3 Å². The smallest absolute Gasteiger partial charge is 0.348 e. The van der Waals surface area contributed by atoms with Crippen molar-refractivity contribution in [2.24, 2.45) is 0 Å². The molecule has 0 unspecified atom stereocenters. The molecule has 2 heterocycles. The maximum Gasteiger partial charge on any atom is 0.348 e. The number of hydrogen-bond donors (Lipinski definition) is 1. The minimum absolute atomic E-state index is 0.395. The topological polar surface area (TPSA) is 83.1 Å². The third-order valence-corrected chi connectivity index (χ3v) is 5.73. The summed E-state index contributed by atoms with van der Waals surface area (Å²) in [5, 5.41) is 2.67. The summed E-state index contributed by atoms with van der Waals surface area (Å²) in [6.07, 6.45) is 0. The van der Waals surface area contributed by atoms with Gasteiger partial charge in [0.1, 0.15) is 28.7 Å². The summed E-state index contributed by atoms with van der Waals surface area (Å²) in [4.78, 5) is 26.2. The van der Waals surface area contributed by atoms with Gasteiger partial charge < -0.3 is 24.3 Å². The van der Waals surface area contributed by atoms with Gasteiger partial charge in [0.05, 0.1) is 19.9 Å². The minimum Gasteiger partial charge on any atom is -0.497 e. The number of amides is 1. The largest absolute Gasteiger partial charge is 0.497 e. The molecule has 1 aliphatic rings. The van der Waals surface area contributed by atoms with Crippen molar-refractivity contribution < 1.29 is 28.5 Å². The Kier molecular flexibility index (Phi) is 5.58. The molecule has 0 saturated heterocycles. The van der Waals surface area contributed by atoms with E-state index in [2.05, 4.69) is 5.32 Å². The van der Waals surface area contributed by atoms with Crippen molar-refractivity contribution in [2.45, 2.75) is 6.61 Å². The molecule has 4 rings (SSSR count). The number of para-hydroxylation sites is 1. The van der Waals surface area contributed by atoms with Crippen molar-refractivity contribution >= 4 is 28.9 Å². The Morgan fingerprint density at radius 1 is 1.10 bits per heavy atom. The lowest BCUT2D eigenvalue weighted by molar-refractivity contribution is -0.119. The van der Waals surface area contributed by atoms with Crippen LogP contribution in [-0.4, -0.2) is 32.7 Å². The van der Waals surface area contributed by atoms with Crippen LogP contribution in [0.25, 0.3) is 10.4 Å². The third-order valence-electron chi connectivity index (χ3n) is 4.54. The van der Waals surface area contributed by atoms with Gasteiger partial charge in [0.25, 0.3) is 5.91 Å². The summed E-state index contributed by atoms with van der Waals surface area (Å²) in [7, 11) is 3.02. The predicted octanol–water partition coefficient (Wildman–Crippen LogP) is 4.12. The number of nitrogens with one attached hydrogen (secondary N) is 1. The average molecular weight is 425 g/mol. The Labute approximate surface area is 177 Å². The number of rotatable bonds is 6. The summed E-state index contributed by atoms with van der Waals surface area (Å²) < 4.78 is 21.3. The number of fused-ring (bicyclic) bond motifs is 3. The second-order valence-electron chi connectivity index (χ2n) is 6.44. The fourth-order valence-corrected chi connectivity index (χ4v) is 4.19. The fraction of sp³-hybridized carbons (Fsp3) is 0.182. The lowest BCUT2D eigenvalue weighted by Crippen LogP contribution is -2.21. The van der Waals surface area contributed by atoms with Gasteiger partial charge >= 0.3 is 5.97 Å². The van der Waals surface area contributed by atoms with E-state index in [4.69, 9.17) is 18.9 Å². The van der Waals surface area contributed by atoms with E-state index in [1.165, 1.54) is 25.6 Å². The maximum atomic E-state index is 12.5. The first-order valence-electron chi connectivity index (χ1n) is 9.13. The zero-order valence-electron chi connectivity index (χ0n) is 16.4. The van der Waals surface area contributed by atoms with Gasteiger partial charge in [0, 0.05) is 22.1 Å². The second-order valence-corrected chi connectivity index (χ2v) is 7.49. The van der Waals surface area contributed by atoms with Crippen LogP contribution in [0.15, 0.2) is 48.5 Å². The van der Waals surface area contributed by atoms with Crippen LogP contribution in [-0.2, 0) is 16.1 Å². The monoisotopic (exact) mass is 425 g/mol. The molecule has 0 aliphatic carbocycles. The Balaban J connectivity index is 1.41. The van der Waals surface area contributed by atoms with Crippen LogP contribution in [0.3, 0.4) is 0 Å². The van der Waals surface area contributed by atoms with Crippen LogP contribution in [0, 0.1) is 0 Å². The van der Waals surface area contributed by atoms with Crippen molar-refractivity contribution in [1.82, 2.24) is 0 Å². The zero-order valence-corrected chi connectivity index (χ0v) is 17.2. The molecule has 1 N–H and O–H groups in total. The average Bonchev–Trinajstić information content (AvgIpc) is 3.22. The molecule has 0 spiro atoms. The van der Waals surface area contributed by atoms with Gasteiger partial charge in [0.15, 0.2) is 6.61 Å². The lowest BCUT2D eigenvalue weighted by atomic mass is 10.1. The van der Waals surface area contributed by atoms with Gasteiger partial charge in [-0.25, -0.2) is 4.79 Å². The number of esters is 1. The number of carbonyl (C=O) groups is 2. The Hall–Kier alpha value is -3.52. The molecule has 0 atom stereocenters. The lowest BCUT2D eigenvalue weighted by Gasteiger charge is -2.16. The molecular formula is C22H19NO6S. The van der Waals surface area contributed by atoms with Crippen LogP contribution in [0.1, 0.15) is 15.2 Å². The standard InChI is InChI=1S/C22H19NO6S/c1-26-14-7-8-18(27-2)16(10-14)23-20(24)12-29-22(25)19-9-13-11-28-17-6-4-3-5-15(17)21(13)30-19/h3-10H,11-12H2,1-2H3,(H,23,24). The van der Waals surface area contributed by atoms with Crippen molar-refractivity contribution in [3.63, 3.8) is 0 Å². The molecule has 30 heavy (non-hydrogen) atoms. The highest BCUT2D eigenvalue weighted by Gasteiger charge is 2.23. The molecule has 154 valence electrons. The zero-order chi connectivity index (χ0) is 21.1. The summed E-state index contributed by atoms with van der Waals surface area (Å²) in [6, 6.07) is 14.5. The number of benzene rings is 2. The molecule has 7 nitrogen and oxygen atoms in total. The first-order valence-corrected chi connectivity index (χ1v) is 9.94. The number of methoxy groups -OCH3 is 2. The molecule has 1 aliphatic heterocycles. The first-order chi connectivity index (χ1) is 14.6. The molecule has 0 saturated carbocycles. The maximum absolute atomic E-state index is 12.5. The van der Waals surface area contributed by atoms with Gasteiger partial charge in [-0.2, -0.15) is 0 Å². The molecule has 0 fully saturated rings. The fourth-order valence-electron chi connectivity index (χ4n) is 3.10. The molecule has 0 radical (unpaired) electrons. The number of carbonyl (C=O) groups excluding carboxylic acids is 2. The number of hydrogen-bond acceptors (Lipinski definition) is 7. The molecular weight excluding hydrogens is 406 g/mol. The SMILES string of the molecule is COc1ccc(OC)c(NC(=O)COC(=O)c2cc3c(s2)-c2ccccc2OC3)c1. The molecule has 3 aromatic rings. The Morgan fingerprint density at radius 2 is 1.93 bits per heavy atom. The Morgan fingerprint density at radius 3 is 2.73 bits per heavy atom. The van der Waals surface area contributed by atoms with E-state index in [-0.39, 0.29) is 0 Å². The van der Waals surface area contributed by atoms with Crippen molar-refractivity contribution in [2.75, 3.05) is 26.1 Å². The second kappa shape index (κ2) is 8.46. The third kappa shape index (κ3) is 3.95. The van der Waals surface area contributed by atoms with Crippen molar-refractivity contribution in [1.29, 1.82) is 0 Å². The van der Waals surface area contributed by atoms with E-state index in [0.29, 0.717) is 28.7 Å². The van der Waals surface area contributed by atoms with E-state index in [9.17, 15) is 9.59 Å². The minimum atomic E-state index is -0.556. The summed E-state index contributed by atoms with van der Waals surface area (Å²) >= 11 is 1.33. The highest BCUT2D eigenvalue weighted by Crippen LogP contribution is 2.42. The van der Waals surface area contributed by atoms with Crippen LogP contribution in [0.2, 0.25) is 0 Å². The van der Waals surface area contributed by atoms with Crippen LogP contribution >= 0.6 is 11.3 Å². The molecule has 2 aromatic carbocycles. The highest BCUT2D eigenvalue weighted by molar-refractivity contribution is 7.17. The quantitative estimate of drug-likeness (QED) is 0.598. The summed E-state index contributed by atoms with van der Waals surface area (Å²) in [5.74, 6) is 0.790. The van der Waals surface area contributed by atoms with Crippen LogP contribution < -0.4 is 19.5 Å². The number of ether oxygens (including phenoxy) is 4. The normalized spacial score (nSPS) is 11.5. The predicted molar refractivity (Wildman–Crippen MR) is 113 cm³/mol. The summed E-state index contributed by atoms with van der Waals surface area (Å²) in [6.45, 7) is -0.0267. The van der Waals surface area contributed by atoms with Gasteiger partial charge in [0.2, 0.25) is 0 Å². The number of thiophene rings is 1. The van der Waals surface area contributed by atoms with Gasteiger partial charge in [-0.1, -0.05) is 12.1 Å². The van der Waals surface area contributed by atoms with E-state index in [1.54, 1.807) is 24.3 Å². The van der Waals surface area contributed by atoms with Crippen LogP contribution in [0.4, 0.5) is 5.69 Å². The van der Waals surface area contributed by atoms with Crippen molar-refractivity contribution in [3.8, 4) is 27.7 Å². The summed E-state index contributed by atoms with van der Waals surface area (Å²) in [5.41, 5.74) is 2.31. The van der Waals surface area contributed by atoms with E-state index < -0.39 is 18.5 Å².